The molecule has 2 N–H and O–H groups in total. The number of alkyl halides is 6. The number of aliphatic imine (C=N–C) groups is 1. The van der Waals surface area contributed by atoms with Crippen LogP contribution < -0.4 is 10.9 Å². The lowest BCUT2D eigenvalue weighted by Crippen LogP contribution is -2.28. The molecule has 1 aromatic rings. The second kappa shape index (κ2) is 6.35. The number of hydrogen-bond acceptors (Lipinski definition) is 6. The van der Waals surface area contributed by atoms with Gasteiger partial charge in [-0.05, 0) is 18.2 Å². The van der Waals surface area contributed by atoms with Crippen molar-refractivity contribution in [3.8, 4) is 0 Å². The number of thioether (sulfide) groups is 1. The van der Waals surface area contributed by atoms with Crippen molar-refractivity contribution < 1.29 is 34.8 Å². The molecule has 0 aromatic heterocycles. The average molecular weight is 393 g/mol. The number of nitrogens with zero attached hydrogens (tertiary/aromatic N) is 1. The van der Waals surface area contributed by atoms with Crippen LogP contribution in [0.25, 0.3) is 0 Å². The number of hydrogen-bond donors (Lipinski definition) is 2. The van der Waals surface area contributed by atoms with Crippen LogP contribution >= 0.6 is 11.8 Å². The number of nitrogens with one attached hydrogen (secondary N) is 2. The van der Waals surface area contributed by atoms with Crippen molar-refractivity contribution in [2.24, 2.45) is 4.99 Å². The van der Waals surface area contributed by atoms with Crippen LogP contribution in [0.5, 0.6) is 0 Å². The van der Waals surface area contributed by atoms with Crippen LogP contribution in [0, 0.1) is 0 Å². The van der Waals surface area contributed by atoms with E-state index >= 15 is 0 Å². The summed E-state index contributed by atoms with van der Waals surface area (Å²) in [7, 11) is -5.88. The van der Waals surface area contributed by atoms with Gasteiger partial charge in [-0.2, -0.15) is 26.3 Å². The minimum absolute atomic E-state index is 0.0591. The Kier molecular flexibility index (Phi) is 4.95. The minimum Gasteiger partial charge on any atom is -0.299 e. The SMILES string of the molecule is O=S(=O)(c1ccc(NNC2=NCCS2)c(C(F)(F)F)c1)C(F)(F)F. The Balaban J connectivity index is 2.39. The first-order valence-corrected chi connectivity index (χ1v) is 8.61. The van der Waals surface area contributed by atoms with E-state index < -0.39 is 37.7 Å². The monoisotopic (exact) mass is 393 g/mol. The van der Waals surface area contributed by atoms with E-state index in [0.29, 0.717) is 29.6 Å². The first kappa shape index (κ1) is 18.7. The first-order chi connectivity index (χ1) is 10.9. The molecule has 0 radical (unpaired) electrons. The molecule has 24 heavy (non-hydrogen) atoms. The van der Waals surface area contributed by atoms with Gasteiger partial charge in [0, 0.05) is 5.75 Å². The molecule has 1 heterocycles. The fourth-order valence-electron chi connectivity index (χ4n) is 1.70. The topological polar surface area (TPSA) is 70.6 Å². The zero-order chi connectivity index (χ0) is 18.2. The summed E-state index contributed by atoms with van der Waals surface area (Å²) in [5, 5.41) is 0.315. The Morgan fingerprint density at radius 1 is 1.08 bits per heavy atom. The van der Waals surface area contributed by atoms with E-state index in [2.05, 4.69) is 15.8 Å². The summed E-state index contributed by atoms with van der Waals surface area (Å²) >= 11 is 1.24. The van der Waals surface area contributed by atoms with E-state index in [9.17, 15) is 34.8 Å². The maximum Gasteiger partial charge on any atom is 0.501 e. The van der Waals surface area contributed by atoms with Gasteiger partial charge in [0.15, 0.2) is 5.17 Å². The molecular weight excluding hydrogens is 384 g/mol. The molecule has 0 saturated carbocycles. The molecule has 0 bridgehead atoms. The maximum absolute atomic E-state index is 13.0. The smallest absolute Gasteiger partial charge is 0.299 e. The van der Waals surface area contributed by atoms with E-state index in [-0.39, 0.29) is 6.07 Å². The van der Waals surface area contributed by atoms with Crippen molar-refractivity contribution in [1.82, 2.24) is 5.43 Å². The molecule has 1 aliphatic heterocycles. The molecule has 1 aliphatic rings. The molecule has 13 heteroatoms. The lowest BCUT2D eigenvalue weighted by Gasteiger charge is -2.17. The van der Waals surface area contributed by atoms with Gasteiger partial charge in [-0.3, -0.25) is 15.8 Å². The summed E-state index contributed by atoms with van der Waals surface area (Å²) in [6.45, 7) is 0.476. The predicted octanol–water partition coefficient (Wildman–Crippen LogP) is 3.02. The van der Waals surface area contributed by atoms with Gasteiger partial charge >= 0.3 is 11.7 Å². The zero-order valence-corrected chi connectivity index (χ0v) is 13.1. The quantitative estimate of drug-likeness (QED) is 0.610. The van der Waals surface area contributed by atoms with E-state index in [1.165, 1.54) is 11.8 Å². The fraction of sp³-hybridized carbons (Fsp3) is 0.364. The van der Waals surface area contributed by atoms with E-state index in [1.54, 1.807) is 0 Å². The van der Waals surface area contributed by atoms with Gasteiger partial charge in [-0.15, -0.1) is 0 Å². The highest BCUT2D eigenvalue weighted by atomic mass is 32.2. The van der Waals surface area contributed by atoms with Crippen molar-refractivity contribution in [3.05, 3.63) is 23.8 Å². The molecule has 0 saturated heterocycles. The van der Waals surface area contributed by atoms with Gasteiger partial charge < -0.3 is 0 Å². The second-order valence-corrected chi connectivity index (χ2v) is 7.46. The Labute approximate surface area is 136 Å². The molecule has 0 atom stereocenters. The van der Waals surface area contributed by atoms with Crippen molar-refractivity contribution in [2.45, 2.75) is 16.6 Å². The molecule has 0 spiro atoms. The number of sulfone groups is 1. The molecular formula is C11H9F6N3O2S2. The highest BCUT2D eigenvalue weighted by Gasteiger charge is 2.48. The number of anilines is 1. The van der Waals surface area contributed by atoms with Gasteiger partial charge in [0.2, 0.25) is 0 Å². The van der Waals surface area contributed by atoms with Gasteiger partial charge in [0.1, 0.15) is 0 Å². The van der Waals surface area contributed by atoms with Crippen LogP contribution in [-0.2, 0) is 16.0 Å². The summed E-state index contributed by atoms with van der Waals surface area (Å²) in [5.41, 5.74) is -3.30. The summed E-state index contributed by atoms with van der Waals surface area (Å²) in [6.07, 6.45) is -5.06. The zero-order valence-electron chi connectivity index (χ0n) is 11.5. The van der Waals surface area contributed by atoms with E-state index in [4.69, 9.17) is 0 Å². The highest BCUT2D eigenvalue weighted by molar-refractivity contribution is 8.14. The van der Waals surface area contributed by atoms with Crippen LogP contribution in [0.4, 0.5) is 32.0 Å². The van der Waals surface area contributed by atoms with Gasteiger partial charge in [0.05, 0.1) is 22.7 Å². The van der Waals surface area contributed by atoms with Gasteiger partial charge in [0.25, 0.3) is 9.84 Å². The molecule has 134 valence electrons. The first-order valence-electron chi connectivity index (χ1n) is 6.15. The van der Waals surface area contributed by atoms with Gasteiger partial charge in [-0.1, -0.05) is 11.8 Å². The van der Waals surface area contributed by atoms with Crippen molar-refractivity contribution in [2.75, 3.05) is 17.7 Å². The van der Waals surface area contributed by atoms with E-state index in [1.807, 2.05) is 0 Å². The minimum atomic E-state index is -5.88. The Morgan fingerprint density at radius 3 is 2.25 bits per heavy atom. The molecule has 0 amide bonds. The number of hydrazine groups is 1. The lowest BCUT2D eigenvalue weighted by atomic mass is 10.2. The fourth-order valence-corrected chi connectivity index (χ4v) is 3.17. The maximum atomic E-state index is 13.0. The lowest BCUT2D eigenvalue weighted by molar-refractivity contribution is -0.137. The predicted molar refractivity (Wildman–Crippen MR) is 76.2 cm³/mol. The standard InChI is InChI=1S/C11H9F6N3O2S2/c12-10(13,14)7-5-6(24(21,22)11(15,16)17)1-2-8(7)19-20-9-18-3-4-23-9/h1-2,5,19H,3-4H2,(H,18,20). The molecule has 1 aromatic carbocycles. The van der Waals surface area contributed by atoms with Crippen LogP contribution in [0.15, 0.2) is 28.1 Å². The van der Waals surface area contributed by atoms with Crippen molar-refractivity contribution in [3.63, 3.8) is 0 Å². The van der Waals surface area contributed by atoms with Crippen molar-refractivity contribution in [1.29, 1.82) is 0 Å². The summed E-state index contributed by atoms with van der Waals surface area (Å²) in [4.78, 5) is 2.43. The third-order valence-corrected chi connectivity index (χ3v) is 5.18. The highest BCUT2D eigenvalue weighted by Crippen LogP contribution is 2.38. The van der Waals surface area contributed by atoms with Gasteiger partial charge in [-0.25, -0.2) is 8.42 Å². The summed E-state index contributed by atoms with van der Waals surface area (Å²) in [5.74, 6) is 0.638. The third-order valence-electron chi connectivity index (χ3n) is 2.80. The summed E-state index contributed by atoms with van der Waals surface area (Å²) < 4.78 is 99.1. The van der Waals surface area contributed by atoms with Crippen molar-refractivity contribution >= 4 is 32.5 Å². The van der Waals surface area contributed by atoms with Crippen LogP contribution in [-0.4, -0.2) is 31.4 Å². The van der Waals surface area contributed by atoms with Crippen LogP contribution in [0.2, 0.25) is 0 Å². The van der Waals surface area contributed by atoms with E-state index in [0.717, 1.165) is 0 Å². The Hall–Kier alpha value is -1.63. The number of amidine groups is 1. The molecule has 0 unspecified atom stereocenters. The molecule has 0 fully saturated rings. The largest absolute Gasteiger partial charge is 0.501 e. The number of halogens is 6. The third kappa shape index (κ3) is 3.88. The average Bonchev–Trinajstić information content (AvgIpc) is 2.96. The number of rotatable bonds is 3. The normalized spacial score (nSPS) is 16.0. The second-order valence-electron chi connectivity index (χ2n) is 4.44. The molecule has 0 aliphatic carbocycles. The van der Waals surface area contributed by atoms with Crippen LogP contribution in [0.3, 0.4) is 0 Å². The number of benzene rings is 1. The van der Waals surface area contributed by atoms with Crippen LogP contribution in [0.1, 0.15) is 5.56 Å². The Morgan fingerprint density at radius 2 is 1.75 bits per heavy atom. The molecule has 2 rings (SSSR count). The summed E-state index contributed by atoms with van der Waals surface area (Å²) in [6, 6.07) is 0.997. The molecule has 5 nitrogen and oxygen atoms in total. The Bertz CT molecular complexity index is 758.